The van der Waals surface area contributed by atoms with Gasteiger partial charge in [0.1, 0.15) is 11.5 Å². The molecule has 0 atom stereocenters. The van der Waals surface area contributed by atoms with Gasteiger partial charge in [-0.15, -0.1) is 0 Å². The van der Waals surface area contributed by atoms with E-state index in [1.54, 1.807) is 12.1 Å². The van der Waals surface area contributed by atoms with Crippen LogP contribution in [0.25, 0.3) is 22.8 Å². The zero-order valence-electron chi connectivity index (χ0n) is 13.7. The Balaban J connectivity index is 2.03. The summed E-state index contributed by atoms with van der Waals surface area (Å²) in [5, 5.41) is 0. The number of hydrogen-bond donors (Lipinski definition) is 0. The number of carbonyl (C=O) groups is 2. The van der Waals surface area contributed by atoms with E-state index >= 15 is 0 Å². The van der Waals surface area contributed by atoms with Gasteiger partial charge in [-0.2, -0.15) is 0 Å². The standard InChI is InChI=1S/C19H15NO5/c1-12(21)23-15-8-9-17(24-13(2)22)16(10-15)18-11-20-19(25-18)14-6-4-3-5-7-14/h3-11H,1-2H3. The van der Waals surface area contributed by atoms with Crippen LogP contribution < -0.4 is 9.47 Å². The Hall–Kier alpha value is -3.41. The van der Waals surface area contributed by atoms with Crippen LogP contribution in [0, 0.1) is 0 Å². The van der Waals surface area contributed by atoms with E-state index in [1.807, 2.05) is 30.3 Å². The highest BCUT2D eigenvalue weighted by atomic mass is 16.5. The molecule has 3 aromatic rings. The van der Waals surface area contributed by atoms with Gasteiger partial charge >= 0.3 is 11.9 Å². The van der Waals surface area contributed by atoms with Crippen molar-refractivity contribution in [3.63, 3.8) is 0 Å². The molecule has 0 saturated heterocycles. The minimum atomic E-state index is -0.468. The quantitative estimate of drug-likeness (QED) is 0.531. The lowest BCUT2D eigenvalue weighted by molar-refractivity contribution is -0.133. The van der Waals surface area contributed by atoms with Gasteiger partial charge in [-0.25, -0.2) is 4.98 Å². The van der Waals surface area contributed by atoms with Gasteiger partial charge in [0.25, 0.3) is 0 Å². The van der Waals surface area contributed by atoms with E-state index in [4.69, 9.17) is 13.9 Å². The molecule has 0 amide bonds. The molecule has 3 rings (SSSR count). The molecule has 0 aliphatic heterocycles. The first kappa shape index (κ1) is 16.4. The van der Waals surface area contributed by atoms with Gasteiger partial charge in [0.15, 0.2) is 5.76 Å². The number of esters is 2. The largest absolute Gasteiger partial charge is 0.436 e. The van der Waals surface area contributed by atoms with Crippen molar-refractivity contribution in [3.8, 4) is 34.3 Å². The van der Waals surface area contributed by atoms with Crippen LogP contribution in [0.4, 0.5) is 0 Å². The maximum atomic E-state index is 11.3. The van der Waals surface area contributed by atoms with E-state index in [1.165, 1.54) is 26.1 Å². The zero-order chi connectivity index (χ0) is 17.8. The first-order valence-corrected chi connectivity index (χ1v) is 7.55. The molecule has 0 fully saturated rings. The first-order valence-electron chi connectivity index (χ1n) is 7.55. The summed E-state index contributed by atoms with van der Waals surface area (Å²) in [5.41, 5.74) is 1.28. The number of rotatable bonds is 4. The van der Waals surface area contributed by atoms with Crippen LogP contribution in [0.3, 0.4) is 0 Å². The monoisotopic (exact) mass is 337 g/mol. The molecule has 0 bridgehead atoms. The molecule has 6 nitrogen and oxygen atoms in total. The van der Waals surface area contributed by atoms with Gasteiger partial charge < -0.3 is 13.9 Å². The summed E-state index contributed by atoms with van der Waals surface area (Å²) in [5.74, 6) is 0.514. The maximum absolute atomic E-state index is 11.3. The van der Waals surface area contributed by atoms with Crippen molar-refractivity contribution in [3.05, 3.63) is 54.7 Å². The van der Waals surface area contributed by atoms with Gasteiger partial charge in [0.05, 0.1) is 11.8 Å². The minimum absolute atomic E-state index is 0.291. The second-order valence-electron chi connectivity index (χ2n) is 5.24. The number of carbonyl (C=O) groups excluding carboxylic acids is 2. The summed E-state index contributed by atoms with van der Waals surface area (Å²) in [6.45, 7) is 2.61. The van der Waals surface area contributed by atoms with Crippen LogP contribution in [0.15, 0.2) is 59.1 Å². The molecule has 2 aromatic carbocycles. The summed E-state index contributed by atoms with van der Waals surface area (Å²) in [6.07, 6.45) is 1.53. The third kappa shape index (κ3) is 3.92. The number of hydrogen-bond acceptors (Lipinski definition) is 6. The predicted molar refractivity (Wildman–Crippen MR) is 90.0 cm³/mol. The Morgan fingerprint density at radius 1 is 0.960 bits per heavy atom. The van der Waals surface area contributed by atoms with Crippen molar-refractivity contribution < 1.29 is 23.5 Å². The Bertz CT molecular complexity index is 915. The number of benzene rings is 2. The number of oxazole rings is 1. The SMILES string of the molecule is CC(=O)Oc1ccc(OC(C)=O)c(-c2cnc(-c3ccccc3)o2)c1. The fourth-order valence-corrected chi connectivity index (χ4v) is 2.29. The Morgan fingerprint density at radius 3 is 2.36 bits per heavy atom. The van der Waals surface area contributed by atoms with Gasteiger partial charge in [-0.05, 0) is 30.3 Å². The van der Waals surface area contributed by atoms with E-state index in [0.29, 0.717) is 28.7 Å². The normalized spacial score (nSPS) is 10.3. The molecule has 1 aromatic heterocycles. The van der Waals surface area contributed by atoms with Gasteiger partial charge in [0, 0.05) is 19.4 Å². The molecule has 0 spiro atoms. The van der Waals surface area contributed by atoms with Gasteiger partial charge in [-0.3, -0.25) is 9.59 Å². The van der Waals surface area contributed by atoms with E-state index in [-0.39, 0.29) is 0 Å². The van der Waals surface area contributed by atoms with Crippen LogP contribution in [0.2, 0.25) is 0 Å². The van der Waals surface area contributed by atoms with E-state index in [9.17, 15) is 9.59 Å². The van der Waals surface area contributed by atoms with Gasteiger partial charge in [0.2, 0.25) is 5.89 Å². The highest BCUT2D eigenvalue weighted by Gasteiger charge is 2.16. The summed E-state index contributed by atoms with van der Waals surface area (Å²) in [6, 6.07) is 14.0. The highest BCUT2D eigenvalue weighted by molar-refractivity contribution is 5.77. The molecule has 0 saturated carbocycles. The molecule has 0 aliphatic rings. The first-order chi connectivity index (χ1) is 12.0. The lowest BCUT2D eigenvalue weighted by atomic mass is 10.1. The summed E-state index contributed by atoms with van der Waals surface area (Å²) in [4.78, 5) is 26.8. The van der Waals surface area contributed by atoms with Crippen LogP contribution in [-0.2, 0) is 9.59 Å². The molecule has 1 heterocycles. The van der Waals surface area contributed by atoms with Crippen LogP contribution in [0.1, 0.15) is 13.8 Å². The van der Waals surface area contributed by atoms with Crippen molar-refractivity contribution in [2.24, 2.45) is 0 Å². The van der Waals surface area contributed by atoms with Crippen LogP contribution in [0.5, 0.6) is 11.5 Å². The molecule has 6 heteroatoms. The van der Waals surface area contributed by atoms with Crippen molar-refractivity contribution in [2.45, 2.75) is 13.8 Å². The zero-order valence-corrected chi connectivity index (χ0v) is 13.7. The summed E-state index contributed by atoms with van der Waals surface area (Å²) < 4.78 is 16.1. The molecular weight excluding hydrogens is 322 g/mol. The second kappa shape index (κ2) is 7.00. The smallest absolute Gasteiger partial charge is 0.308 e. The van der Waals surface area contributed by atoms with Crippen LogP contribution in [-0.4, -0.2) is 16.9 Å². The lowest BCUT2D eigenvalue weighted by Gasteiger charge is -2.09. The van der Waals surface area contributed by atoms with Gasteiger partial charge in [-0.1, -0.05) is 18.2 Å². The summed E-state index contributed by atoms with van der Waals surface area (Å²) >= 11 is 0. The highest BCUT2D eigenvalue weighted by Crippen LogP contribution is 2.35. The predicted octanol–water partition coefficient (Wildman–Crippen LogP) is 3.86. The van der Waals surface area contributed by atoms with Crippen LogP contribution >= 0.6 is 0 Å². The molecule has 0 N–H and O–H groups in total. The Labute approximate surface area is 144 Å². The minimum Gasteiger partial charge on any atom is -0.436 e. The number of aromatic nitrogens is 1. The molecule has 25 heavy (non-hydrogen) atoms. The summed E-state index contributed by atoms with van der Waals surface area (Å²) in [7, 11) is 0. The number of nitrogens with zero attached hydrogens (tertiary/aromatic N) is 1. The lowest BCUT2D eigenvalue weighted by Crippen LogP contribution is -2.04. The molecule has 126 valence electrons. The number of ether oxygens (including phenoxy) is 2. The molecule has 0 unspecified atom stereocenters. The molecular formula is C19H15NO5. The van der Waals surface area contributed by atoms with E-state index in [0.717, 1.165) is 5.56 Å². The van der Waals surface area contributed by atoms with E-state index < -0.39 is 11.9 Å². The van der Waals surface area contributed by atoms with Crippen molar-refractivity contribution >= 4 is 11.9 Å². The fraction of sp³-hybridized carbons (Fsp3) is 0.105. The van der Waals surface area contributed by atoms with Crippen molar-refractivity contribution in [1.82, 2.24) is 4.98 Å². The average Bonchev–Trinajstić information content (AvgIpc) is 3.06. The second-order valence-corrected chi connectivity index (χ2v) is 5.24. The Morgan fingerprint density at radius 2 is 1.68 bits per heavy atom. The maximum Gasteiger partial charge on any atom is 0.308 e. The third-order valence-electron chi connectivity index (χ3n) is 3.26. The molecule has 0 aliphatic carbocycles. The fourth-order valence-electron chi connectivity index (χ4n) is 2.29. The molecule has 0 radical (unpaired) electrons. The average molecular weight is 337 g/mol. The van der Waals surface area contributed by atoms with E-state index in [2.05, 4.69) is 4.98 Å². The Kier molecular flexibility index (Phi) is 4.61. The van der Waals surface area contributed by atoms with Crippen molar-refractivity contribution in [2.75, 3.05) is 0 Å². The van der Waals surface area contributed by atoms with Crippen molar-refractivity contribution in [1.29, 1.82) is 0 Å². The topological polar surface area (TPSA) is 78.6 Å². The third-order valence-corrected chi connectivity index (χ3v) is 3.26.